The molecule has 0 bridgehead atoms. The van der Waals surface area contributed by atoms with Gasteiger partial charge in [-0.25, -0.2) is 4.39 Å². The Morgan fingerprint density at radius 2 is 2.05 bits per heavy atom. The maximum atomic E-state index is 12.9. The lowest BCUT2D eigenvalue weighted by atomic mass is 9.97. The Morgan fingerprint density at radius 1 is 1.38 bits per heavy atom. The highest BCUT2D eigenvalue weighted by molar-refractivity contribution is 5.85. The van der Waals surface area contributed by atoms with Crippen LogP contribution in [0.25, 0.3) is 0 Å². The van der Waals surface area contributed by atoms with E-state index in [9.17, 15) is 14.0 Å². The second-order valence-corrected chi connectivity index (χ2v) is 5.36. The SMILES string of the molecule is CC1CC(c2ccc(F)cc2)CN1C(=O)CNC(=O)CN. The number of nitrogens with two attached hydrogens (primary N) is 1. The minimum Gasteiger partial charge on any atom is -0.346 e. The number of carbonyl (C=O) groups excluding carboxylic acids is 2. The third kappa shape index (κ3) is 3.78. The summed E-state index contributed by atoms with van der Waals surface area (Å²) in [6, 6.07) is 6.49. The molecule has 0 radical (unpaired) electrons. The number of hydrogen-bond donors (Lipinski definition) is 2. The van der Waals surface area contributed by atoms with Crippen molar-refractivity contribution in [1.82, 2.24) is 10.2 Å². The Labute approximate surface area is 123 Å². The number of halogens is 1. The molecule has 2 atom stereocenters. The van der Waals surface area contributed by atoms with Crippen molar-refractivity contribution in [3.63, 3.8) is 0 Å². The maximum Gasteiger partial charge on any atom is 0.242 e. The monoisotopic (exact) mass is 293 g/mol. The van der Waals surface area contributed by atoms with E-state index in [-0.39, 0.29) is 42.7 Å². The molecular weight excluding hydrogens is 273 g/mol. The van der Waals surface area contributed by atoms with Crippen LogP contribution in [0.5, 0.6) is 0 Å². The predicted molar refractivity (Wildman–Crippen MR) is 77.0 cm³/mol. The highest BCUT2D eigenvalue weighted by atomic mass is 19.1. The molecule has 1 saturated heterocycles. The highest BCUT2D eigenvalue weighted by Gasteiger charge is 2.32. The number of rotatable bonds is 4. The average molecular weight is 293 g/mol. The number of hydrogen-bond acceptors (Lipinski definition) is 3. The van der Waals surface area contributed by atoms with Crippen molar-refractivity contribution in [1.29, 1.82) is 0 Å². The smallest absolute Gasteiger partial charge is 0.242 e. The molecule has 21 heavy (non-hydrogen) atoms. The Kier molecular flexibility index (Phi) is 4.90. The molecule has 0 spiro atoms. The van der Waals surface area contributed by atoms with Crippen LogP contribution in [0.1, 0.15) is 24.8 Å². The Morgan fingerprint density at radius 3 is 2.67 bits per heavy atom. The molecule has 6 heteroatoms. The van der Waals surface area contributed by atoms with E-state index < -0.39 is 0 Å². The van der Waals surface area contributed by atoms with Crippen molar-refractivity contribution in [3.8, 4) is 0 Å². The number of benzene rings is 1. The lowest BCUT2D eigenvalue weighted by Gasteiger charge is -2.21. The summed E-state index contributed by atoms with van der Waals surface area (Å²) >= 11 is 0. The van der Waals surface area contributed by atoms with Gasteiger partial charge in [0.15, 0.2) is 0 Å². The normalized spacial score (nSPS) is 21.4. The predicted octanol–water partition coefficient (Wildman–Crippen LogP) is 0.605. The van der Waals surface area contributed by atoms with Gasteiger partial charge in [-0.1, -0.05) is 12.1 Å². The van der Waals surface area contributed by atoms with E-state index >= 15 is 0 Å². The van der Waals surface area contributed by atoms with Gasteiger partial charge in [-0.3, -0.25) is 9.59 Å². The van der Waals surface area contributed by atoms with Crippen LogP contribution in [0, 0.1) is 5.82 Å². The summed E-state index contributed by atoms with van der Waals surface area (Å²) in [7, 11) is 0. The van der Waals surface area contributed by atoms with Crippen molar-refractivity contribution in [2.45, 2.75) is 25.3 Å². The summed E-state index contributed by atoms with van der Waals surface area (Å²) in [6.07, 6.45) is 0.836. The van der Waals surface area contributed by atoms with Gasteiger partial charge >= 0.3 is 0 Å². The summed E-state index contributed by atoms with van der Waals surface area (Å²) in [5.74, 6) is -0.517. The number of nitrogens with zero attached hydrogens (tertiary/aromatic N) is 1. The van der Waals surface area contributed by atoms with Gasteiger partial charge in [0.2, 0.25) is 11.8 Å². The molecule has 2 rings (SSSR count). The highest BCUT2D eigenvalue weighted by Crippen LogP contribution is 2.31. The van der Waals surface area contributed by atoms with Crippen LogP contribution in [0.2, 0.25) is 0 Å². The average Bonchev–Trinajstić information content (AvgIpc) is 2.87. The van der Waals surface area contributed by atoms with Crippen LogP contribution in [0.3, 0.4) is 0 Å². The summed E-state index contributed by atoms with van der Waals surface area (Å²) in [5, 5.41) is 2.49. The number of amides is 2. The molecule has 0 saturated carbocycles. The number of nitrogens with one attached hydrogen (secondary N) is 1. The van der Waals surface area contributed by atoms with Crippen LogP contribution in [0.4, 0.5) is 4.39 Å². The second kappa shape index (κ2) is 6.67. The van der Waals surface area contributed by atoms with Crippen LogP contribution in [0.15, 0.2) is 24.3 Å². The molecule has 1 aromatic carbocycles. The lowest BCUT2D eigenvalue weighted by Crippen LogP contribution is -2.43. The molecule has 3 N–H and O–H groups in total. The molecule has 2 unspecified atom stereocenters. The third-order valence-corrected chi connectivity index (χ3v) is 3.86. The molecule has 1 aliphatic rings. The van der Waals surface area contributed by atoms with Gasteiger partial charge in [-0.05, 0) is 31.0 Å². The van der Waals surface area contributed by atoms with Gasteiger partial charge in [-0.2, -0.15) is 0 Å². The first-order chi connectivity index (χ1) is 10.0. The number of carbonyl (C=O) groups is 2. The molecule has 0 aliphatic carbocycles. The lowest BCUT2D eigenvalue weighted by molar-refractivity contribution is -0.133. The molecule has 2 amide bonds. The molecule has 1 aliphatic heterocycles. The third-order valence-electron chi connectivity index (χ3n) is 3.86. The topological polar surface area (TPSA) is 75.4 Å². The fourth-order valence-corrected chi connectivity index (χ4v) is 2.70. The molecule has 1 heterocycles. The molecule has 5 nitrogen and oxygen atoms in total. The van der Waals surface area contributed by atoms with E-state index in [1.54, 1.807) is 17.0 Å². The summed E-state index contributed by atoms with van der Waals surface area (Å²) < 4.78 is 12.9. The Hall–Kier alpha value is -1.95. The zero-order chi connectivity index (χ0) is 15.4. The second-order valence-electron chi connectivity index (χ2n) is 5.36. The minimum atomic E-state index is -0.342. The van der Waals surface area contributed by atoms with Crippen LogP contribution < -0.4 is 11.1 Å². The first-order valence-electron chi connectivity index (χ1n) is 7.03. The zero-order valence-electron chi connectivity index (χ0n) is 12.0. The molecule has 1 aromatic rings. The van der Waals surface area contributed by atoms with Crippen LogP contribution >= 0.6 is 0 Å². The first kappa shape index (κ1) is 15.4. The summed E-state index contributed by atoms with van der Waals surface area (Å²) in [4.78, 5) is 25.0. The molecular formula is C15H20FN3O2. The van der Waals surface area contributed by atoms with Gasteiger partial charge in [0.05, 0.1) is 13.1 Å². The van der Waals surface area contributed by atoms with E-state index in [0.717, 1.165) is 12.0 Å². The van der Waals surface area contributed by atoms with Gasteiger partial charge in [0.1, 0.15) is 5.82 Å². The van der Waals surface area contributed by atoms with Crippen molar-refractivity contribution in [2.24, 2.45) is 5.73 Å². The fraction of sp³-hybridized carbons (Fsp3) is 0.467. The largest absolute Gasteiger partial charge is 0.346 e. The van der Waals surface area contributed by atoms with Crippen molar-refractivity contribution >= 4 is 11.8 Å². The standard InChI is InChI=1S/C15H20FN3O2/c1-10-6-12(11-2-4-13(16)5-3-11)9-19(10)15(21)8-18-14(20)7-17/h2-5,10,12H,6-9,17H2,1H3,(H,18,20). The van der Waals surface area contributed by atoms with Gasteiger partial charge in [-0.15, -0.1) is 0 Å². The Bertz CT molecular complexity index is 518. The molecule has 1 fully saturated rings. The first-order valence-corrected chi connectivity index (χ1v) is 7.03. The quantitative estimate of drug-likeness (QED) is 0.854. The van der Waals surface area contributed by atoms with Crippen molar-refractivity contribution in [3.05, 3.63) is 35.6 Å². The van der Waals surface area contributed by atoms with Gasteiger partial charge in [0.25, 0.3) is 0 Å². The zero-order valence-corrected chi connectivity index (χ0v) is 12.0. The van der Waals surface area contributed by atoms with E-state index in [1.807, 2.05) is 6.92 Å². The maximum absolute atomic E-state index is 12.9. The minimum absolute atomic E-state index is 0.0312. The van der Waals surface area contributed by atoms with Crippen molar-refractivity contribution < 1.29 is 14.0 Å². The fourth-order valence-electron chi connectivity index (χ4n) is 2.70. The molecule has 0 aromatic heterocycles. The van der Waals surface area contributed by atoms with Gasteiger partial charge in [0, 0.05) is 18.5 Å². The van der Waals surface area contributed by atoms with Crippen LogP contribution in [-0.4, -0.2) is 42.4 Å². The van der Waals surface area contributed by atoms with Gasteiger partial charge < -0.3 is 16.0 Å². The van der Waals surface area contributed by atoms with Crippen molar-refractivity contribution in [2.75, 3.05) is 19.6 Å². The molecule has 114 valence electrons. The van der Waals surface area contributed by atoms with E-state index in [2.05, 4.69) is 5.32 Å². The number of likely N-dealkylation sites (tertiary alicyclic amines) is 1. The van der Waals surface area contributed by atoms with E-state index in [0.29, 0.717) is 6.54 Å². The summed E-state index contributed by atoms with van der Waals surface area (Å²) in [6.45, 7) is 2.41. The Balaban J connectivity index is 1.95. The van der Waals surface area contributed by atoms with Crippen LogP contribution in [-0.2, 0) is 9.59 Å². The van der Waals surface area contributed by atoms with E-state index in [1.165, 1.54) is 12.1 Å². The summed E-state index contributed by atoms with van der Waals surface area (Å²) in [5.41, 5.74) is 6.21. The van der Waals surface area contributed by atoms with E-state index in [4.69, 9.17) is 5.73 Å².